The van der Waals surface area contributed by atoms with Crippen LogP contribution in [-0.4, -0.2) is 42.4 Å². The van der Waals surface area contributed by atoms with Crippen LogP contribution in [0.1, 0.15) is 24.0 Å². The van der Waals surface area contributed by atoms with Gasteiger partial charge in [-0.2, -0.15) is 0 Å². The van der Waals surface area contributed by atoms with Crippen LogP contribution < -0.4 is 4.74 Å². The lowest BCUT2D eigenvalue weighted by atomic mass is 9.90. The fourth-order valence-corrected chi connectivity index (χ4v) is 5.79. The first kappa shape index (κ1) is 24.3. The summed E-state index contributed by atoms with van der Waals surface area (Å²) < 4.78 is 11.5. The Morgan fingerprint density at radius 1 is 1.06 bits per heavy atom. The number of nitrogens with zero attached hydrogens (tertiary/aromatic N) is 1. The zero-order valence-corrected chi connectivity index (χ0v) is 21.5. The van der Waals surface area contributed by atoms with Crippen molar-refractivity contribution in [3.8, 4) is 22.8 Å². The third-order valence-electron chi connectivity index (χ3n) is 7.04. The number of carbonyl (C=O) groups excluding carboxylic acids is 1. The Balaban J connectivity index is 1.29. The number of hydrogen-bond donors (Lipinski definition) is 1. The Bertz CT molecular complexity index is 1360. The number of amides is 1. The lowest BCUT2D eigenvalue weighted by Gasteiger charge is -2.32. The molecule has 0 bridgehead atoms. The van der Waals surface area contributed by atoms with Crippen LogP contribution in [0.5, 0.6) is 11.5 Å². The van der Waals surface area contributed by atoms with E-state index < -0.39 is 0 Å². The molecule has 3 aromatic carbocycles. The van der Waals surface area contributed by atoms with Crippen LogP contribution in [0.15, 0.2) is 76.0 Å². The van der Waals surface area contributed by atoms with Crippen LogP contribution in [0, 0.1) is 5.92 Å². The quantitative estimate of drug-likeness (QED) is 0.291. The van der Waals surface area contributed by atoms with Crippen LogP contribution in [0.25, 0.3) is 22.3 Å². The molecule has 1 amide bonds. The smallest absolute Gasteiger partial charge is 0.226 e. The highest BCUT2D eigenvalue weighted by Crippen LogP contribution is 2.42. The second kappa shape index (κ2) is 10.7. The van der Waals surface area contributed by atoms with Crippen molar-refractivity contribution in [2.75, 3.05) is 26.5 Å². The minimum Gasteiger partial charge on any atom is -0.504 e. The van der Waals surface area contributed by atoms with E-state index in [9.17, 15) is 9.90 Å². The number of rotatable bonds is 7. The van der Waals surface area contributed by atoms with E-state index in [1.54, 1.807) is 23.9 Å². The maximum absolute atomic E-state index is 13.1. The van der Waals surface area contributed by atoms with Crippen molar-refractivity contribution in [1.82, 2.24) is 4.90 Å². The van der Waals surface area contributed by atoms with Crippen LogP contribution in [0.3, 0.4) is 0 Å². The van der Waals surface area contributed by atoms with Crippen LogP contribution in [0.2, 0.25) is 0 Å². The van der Waals surface area contributed by atoms with Gasteiger partial charge in [-0.05, 0) is 72.9 Å². The van der Waals surface area contributed by atoms with Gasteiger partial charge in [-0.25, -0.2) is 0 Å². The molecule has 1 aromatic heterocycles. The molecule has 0 unspecified atom stereocenters. The molecule has 36 heavy (non-hydrogen) atoms. The summed E-state index contributed by atoms with van der Waals surface area (Å²) >= 11 is 1.61. The first-order chi connectivity index (χ1) is 17.6. The molecule has 1 N–H and O–H groups in total. The van der Waals surface area contributed by atoms with Crippen molar-refractivity contribution in [3.63, 3.8) is 0 Å². The summed E-state index contributed by atoms with van der Waals surface area (Å²) in [4.78, 5) is 16.1. The number of aromatic hydroxyl groups is 1. The molecule has 5 nitrogen and oxygen atoms in total. The van der Waals surface area contributed by atoms with E-state index in [4.69, 9.17) is 9.15 Å². The molecule has 0 spiro atoms. The zero-order valence-electron chi connectivity index (χ0n) is 20.7. The Morgan fingerprint density at radius 3 is 2.56 bits per heavy atom. The maximum atomic E-state index is 13.1. The molecule has 6 heteroatoms. The van der Waals surface area contributed by atoms with E-state index in [-0.39, 0.29) is 11.7 Å². The molecular formula is C30H31NO4S. The number of methoxy groups -OCH3 is 1. The number of thioether (sulfide) groups is 1. The van der Waals surface area contributed by atoms with Gasteiger partial charge in [-0.3, -0.25) is 4.79 Å². The summed E-state index contributed by atoms with van der Waals surface area (Å²) in [5.74, 6) is 2.05. The van der Waals surface area contributed by atoms with Gasteiger partial charge < -0.3 is 19.2 Å². The predicted octanol–water partition coefficient (Wildman–Crippen LogP) is 6.56. The summed E-state index contributed by atoms with van der Waals surface area (Å²) in [6.07, 6.45) is 5.60. The monoisotopic (exact) mass is 501 g/mol. The fraction of sp³-hybridized carbons (Fsp3) is 0.300. The number of hydrogen-bond acceptors (Lipinski definition) is 5. The number of benzene rings is 3. The highest BCUT2D eigenvalue weighted by Gasteiger charge is 2.24. The largest absolute Gasteiger partial charge is 0.504 e. The standard InChI is InChI=1S/C30H31NO4S/c1-34-27-19-23(9-10-25(27)32)29-30(36-2)24-17-22(8-11-26(24)35-29)18-28(33)31-14-12-21(13-15-31)16-20-6-4-3-5-7-20/h3-11,17,19,21,32H,12-16,18H2,1-2H3. The topological polar surface area (TPSA) is 62.9 Å². The highest BCUT2D eigenvalue weighted by atomic mass is 32.2. The summed E-state index contributed by atoms with van der Waals surface area (Å²) in [7, 11) is 1.53. The molecule has 4 aromatic rings. The first-order valence-electron chi connectivity index (χ1n) is 12.3. The van der Waals surface area contributed by atoms with Gasteiger partial charge >= 0.3 is 0 Å². The van der Waals surface area contributed by atoms with E-state index in [0.29, 0.717) is 18.1 Å². The molecule has 1 aliphatic heterocycles. The molecule has 1 aliphatic rings. The van der Waals surface area contributed by atoms with Crippen molar-refractivity contribution >= 4 is 28.6 Å². The van der Waals surface area contributed by atoms with Crippen molar-refractivity contribution in [3.05, 3.63) is 77.9 Å². The van der Waals surface area contributed by atoms with Gasteiger partial charge in [0.1, 0.15) is 11.3 Å². The maximum Gasteiger partial charge on any atom is 0.226 e. The van der Waals surface area contributed by atoms with Crippen LogP contribution >= 0.6 is 11.8 Å². The second-order valence-corrected chi connectivity index (χ2v) is 10.2. The van der Waals surface area contributed by atoms with Gasteiger partial charge in [0.2, 0.25) is 5.91 Å². The molecule has 5 rings (SSSR count). The van der Waals surface area contributed by atoms with Crippen LogP contribution in [-0.2, 0) is 17.6 Å². The molecule has 186 valence electrons. The number of carbonyl (C=O) groups is 1. The van der Waals surface area contributed by atoms with Gasteiger partial charge in [0, 0.05) is 24.0 Å². The lowest BCUT2D eigenvalue weighted by Crippen LogP contribution is -2.39. The number of phenolic OH excluding ortho intramolecular Hbond substituents is 1. The summed E-state index contributed by atoms with van der Waals surface area (Å²) in [6.45, 7) is 1.65. The Labute approximate surface area is 216 Å². The zero-order chi connectivity index (χ0) is 25.1. The minimum absolute atomic E-state index is 0.0907. The highest BCUT2D eigenvalue weighted by molar-refractivity contribution is 7.99. The van der Waals surface area contributed by atoms with Crippen molar-refractivity contribution in [1.29, 1.82) is 0 Å². The second-order valence-electron chi connectivity index (χ2n) is 9.37. The van der Waals surface area contributed by atoms with Crippen molar-refractivity contribution in [2.24, 2.45) is 5.92 Å². The van der Waals surface area contributed by atoms with Crippen LogP contribution in [0.4, 0.5) is 0 Å². The van der Waals surface area contributed by atoms with Gasteiger partial charge in [0.05, 0.1) is 18.4 Å². The molecule has 1 fully saturated rings. The number of phenols is 1. The fourth-order valence-electron chi connectivity index (χ4n) is 5.06. The molecule has 0 radical (unpaired) electrons. The average Bonchev–Trinajstić information content (AvgIpc) is 3.28. The SMILES string of the molecule is COc1cc(-c2oc3ccc(CC(=O)N4CCC(Cc5ccccc5)CC4)cc3c2SC)ccc1O. The van der Waals surface area contributed by atoms with Gasteiger partial charge in [-0.1, -0.05) is 36.4 Å². The predicted molar refractivity (Wildman–Crippen MR) is 145 cm³/mol. The van der Waals surface area contributed by atoms with Gasteiger partial charge in [0.25, 0.3) is 0 Å². The van der Waals surface area contributed by atoms with Crippen molar-refractivity contribution < 1.29 is 19.1 Å². The molecule has 0 aliphatic carbocycles. The number of fused-ring (bicyclic) bond motifs is 1. The Morgan fingerprint density at radius 2 is 1.83 bits per heavy atom. The van der Waals surface area contributed by atoms with E-state index in [2.05, 4.69) is 36.4 Å². The third-order valence-corrected chi connectivity index (χ3v) is 7.86. The van der Waals surface area contributed by atoms with E-state index in [1.165, 1.54) is 12.7 Å². The van der Waals surface area contributed by atoms with E-state index >= 15 is 0 Å². The average molecular weight is 502 g/mol. The number of ether oxygens (including phenoxy) is 1. The molecule has 1 saturated heterocycles. The van der Waals surface area contributed by atoms with E-state index in [1.807, 2.05) is 29.4 Å². The molecule has 0 saturated carbocycles. The molecule has 2 heterocycles. The van der Waals surface area contributed by atoms with E-state index in [0.717, 1.165) is 65.1 Å². The normalized spacial score (nSPS) is 14.3. The minimum atomic E-state index is 0.0907. The number of furan rings is 1. The molecular weight excluding hydrogens is 470 g/mol. The summed E-state index contributed by atoms with van der Waals surface area (Å²) in [6, 6.07) is 21.8. The van der Waals surface area contributed by atoms with Crippen molar-refractivity contribution in [2.45, 2.75) is 30.6 Å². The Kier molecular flexibility index (Phi) is 7.23. The number of likely N-dealkylation sites (tertiary alicyclic amines) is 1. The number of piperidine rings is 1. The Hall–Kier alpha value is -3.38. The third kappa shape index (κ3) is 5.09. The summed E-state index contributed by atoms with van der Waals surface area (Å²) in [5, 5.41) is 11.0. The lowest BCUT2D eigenvalue weighted by molar-refractivity contribution is -0.131. The van der Waals surface area contributed by atoms with Gasteiger partial charge in [-0.15, -0.1) is 11.8 Å². The van der Waals surface area contributed by atoms with Gasteiger partial charge in [0.15, 0.2) is 11.5 Å². The summed E-state index contributed by atoms with van der Waals surface area (Å²) in [5.41, 5.74) is 3.98. The molecule has 0 atom stereocenters. The first-order valence-corrected chi connectivity index (χ1v) is 13.6.